The van der Waals surface area contributed by atoms with Crippen molar-refractivity contribution in [2.45, 2.75) is 77.7 Å². The third kappa shape index (κ3) is 2.21. The molecule has 0 radical (unpaired) electrons. The van der Waals surface area contributed by atoms with Crippen LogP contribution in [0.3, 0.4) is 0 Å². The van der Waals surface area contributed by atoms with Crippen LogP contribution in [0.25, 0.3) is 0 Å². The van der Waals surface area contributed by atoms with E-state index in [1.807, 2.05) is 0 Å². The molecular formula is C22H37NO. The van der Waals surface area contributed by atoms with Gasteiger partial charge in [-0.15, -0.1) is 0 Å². The minimum atomic E-state index is -0.255. The summed E-state index contributed by atoms with van der Waals surface area (Å²) < 4.78 is 0. The summed E-state index contributed by atoms with van der Waals surface area (Å²) in [6.07, 6.45) is 10.5. The van der Waals surface area contributed by atoms with Gasteiger partial charge in [-0.2, -0.15) is 0 Å². The van der Waals surface area contributed by atoms with Gasteiger partial charge >= 0.3 is 0 Å². The third-order valence-corrected chi connectivity index (χ3v) is 9.89. The van der Waals surface area contributed by atoms with E-state index in [2.05, 4.69) is 25.7 Å². The fourth-order valence-electron chi connectivity index (χ4n) is 8.20. The lowest BCUT2D eigenvalue weighted by atomic mass is 9.49. The average molecular weight is 332 g/mol. The molecule has 1 saturated heterocycles. The van der Waals surface area contributed by atoms with Gasteiger partial charge in [0.1, 0.15) is 0 Å². The molecule has 0 spiro atoms. The monoisotopic (exact) mass is 331 g/mol. The summed E-state index contributed by atoms with van der Waals surface area (Å²) in [4.78, 5) is 2.82. The van der Waals surface area contributed by atoms with Crippen molar-refractivity contribution in [1.82, 2.24) is 4.90 Å². The Morgan fingerprint density at radius 1 is 1.04 bits per heavy atom. The number of aliphatic hydroxyl groups is 1. The minimum absolute atomic E-state index is 0.255. The van der Waals surface area contributed by atoms with Crippen LogP contribution in [0.4, 0.5) is 0 Å². The third-order valence-electron chi connectivity index (χ3n) is 9.89. The van der Waals surface area contributed by atoms with E-state index in [-0.39, 0.29) is 5.60 Å². The Balaban J connectivity index is 1.24. The molecule has 5 saturated carbocycles. The fourth-order valence-corrected chi connectivity index (χ4v) is 8.20. The lowest BCUT2D eigenvalue weighted by molar-refractivity contribution is -0.154. The molecule has 24 heavy (non-hydrogen) atoms. The molecule has 0 amide bonds. The molecule has 2 heteroatoms. The van der Waals surface area contributed by atoms with Gasteiger partial charge in [-0.3, -0.25) is 0 Å². The lowest BCUT2D eigenvalue weighted by Crippen LogP contribution is -2.56. The minimum Gasteiger partial charge on any atom is -0.390 e. The van der Waals surface area contributed by atoms with E-state index in [9.17, 15) is 5.11 Å². The van der Waals surface area contributed by atoms with Crippen molar-refractivity contribution in [2.75, 3.05) is 19.6 Å². The zero-order valence-corrected chi connectivity index (χ0v) is 16.1. The van der Waals surface area contributed by atoms with Crippen LogP contribution < -0.4 is 0 Å². The number of piperidine rings is 1. The topological polar surface area (TPSA) is 23.5 Å². The van der Waals surface area contributed by atoms with E-state index >= 15 is 0 Å². The van der Waals surface area contributed by atoms with E-state index in [1.165, 1.54) is 51.7 Å². The Morgan fingerprint density at radius 2 is 1.75 bits per heavy atom. The quantitative estimate of drug-likeness (QED) is 0.832. The van der Waals surface area contributed by atoms with Gasteiger partial charge in [-0.05, 0) is 98.3 Å². The van der Waals surface area contributed by atoms with Gasteiger partial charge in [0.15, 0.2) is 0 Å². The Kier molecular flexibility index (Phi) is 3.36. The standard InChI is InChI=1S/C22H37NO/c1-20(2)18-4-6-21(20,3)14-23(13-18)7-5-19-16-8-15-9-17(19)12-22(24,10-15)11-16/h15-19,24H,4-14H2,1-3H3/t15?,16?,17?,18-,19?,21-,22?/m1/s1. The van der Waals surface area contributed by atoms with Crippen LogP contribution in [0.5, 0.6) is 0 Å². The van der Waals surface area contributed by atoms with Gasteiger partial charge in [-0.1, -0.05) is 20.8 Å². The highest BCUT2D eigenvalue weighted by atomic mass is 16.3. The molecule has 136 valence electrons. The van der Waals surface area contributed by atoms with Crippen LogP contribution in [0.15, 0.2) is 0 Å². The molecule has 5 aliphatic carbocycles. The summed E-state index contributed by atoms with van der Waals surface area (Å²) in [5.74, 6) is 4.37. The van der Waals surface area contributed by atoms with Crippen molar-refractivity contribution in [3.05, 3.63) is 0 Å². The van der Waals surface area contributed by atoms with Gasteiger partial charge in [0, 0.05) is 13.1 Å². The van der Waals surface area contributed by atoms with Gasteiger partial charge in [0.05, 0.1) is 5.60 Å². The molecule has 1 heterocycles. The summed E-state index contributed by atoms with van der Waals surface area (Å²) in [5.41, 5.74) is 0.819. The van der Waals surface area contributed by atoms with Crippen molar-refractivity contribution < 1.29 is 5.11 Å². The number of hydrogen-bond acceptors (Lipinski definition) is 2. The number of fused-ring (bicyclic) bond motifs is 2. The zero-order valence-electron chi connectivity index (χ0n) is 16.1. The Hall–Kier alpha value is -0.0800. The molecule has 6 aliphatic rings. The number of likely N-dealkylation sites (tertiary alicyclic amines) is 1. The maximum absolute atomic E-state index is 10.8. The molecule has 4 atom stereocenters. The van der Waals surface area contributed by atoms with Gasteiger partial charge in [0.2, 0.25) is 0 Å². The van der Waals surface area contributed by atoms with E-state index in [1.54, 1.807) is 0 Å². The highest BCUT2D eigenvalue weighted by molar-refractivity contribution is 5.07. The van der Waals surface area contributed by atoms with E-state index < -0.39 is 0 Å². The summed E-state index contributed by atoms with van der Waals surface area (Å²) in [6, 6.07) is 0. The highest BCUT2D eigenvalue weighted by Crippen LogP contribution is 2.60. The maximum Gasteiger partial charge on any atom is 0.0656 e. The summed E-state index contributed by atoms with van der Waals surface area (Å²) in [7, 11) is 0. The van der Waals surface area contributed by atoms with Gasteiger partial charge in [-0.25, -0.2) is 0 Å². The van der Waals surface area contributed by atoms with Crippen LogP contribution in [0.1, 0.15) is 72.1 Å². The van der Waals surface area contributed by atoms with Crippen LogP contribution >= 0.6 is 0 Å². The first-order valence-electron chi connectivity index (χ1n) is 10.7. The molecule has 1 N–H and O–H groups in total. The Morgan fingerprint density at radius 3 is 2.38 bits per heavy atom. The lowest BCUT2D eigenvalue weighted by Gasteiger charge is -2.58. The van der Waals surface area contributed by atoms with Crippen molar-refractivity contribution in [1.29, 1.82) is 0 Å². The van der Waals surface area contributed by atoms with Crippen LogP contribution in [0, 0.1) is 40.4 Å². The number of hydrogen-bond donors (Lipinski definition) is 1. The number of nitrogens with zero attached hydrogens (tertiary/aromatic N) is 1. The van der Waals surface area contributed by atoms with Crippen molar-refractivity contribution in [2.24, 2.45) is 40.4 Å². The van der Waals surface area contributed by atoms with E-state index in [0.717, 1.165) is 48.9 Å². The van der Waals surface area contributed by atoms with E-state index in [4.69, 9.17) is 0 Å². The Bertz CT molecular complexity index is 512. The molecule has 6 fully saturated rings. The molecule has 0 aromatic heterocycles. The smallest absolute Gasteiger partial charge is 0.0656 e. The second-order valence-corrected chi connectivity index (χ2v) is 11.4. The summed E-state index contributed by atoms with van der Waals surface area (Å²) in [5, 5.41) is 10.8. The van der Waals surface area contributed by atoms with Crippen molar-refractivity contribution in [3.63, 3.8) is 0 Å². The normalized spacial score (nSPS) is 55.2. The molecule has 2 nitrogen and oxygen atoms in total. The largest absolute Gasteiger partial charge is 0.390 e. The van der Waals surface area contributed by atoms with Crippen molar-refractivity contribution >= 4 is 0 Å². The van der Waals surface area contributed by atoms with Crippen LogP contribution in [-0.4, -0.2) is 35.2 Å². The highest BCUT2D eigenvalue weighted by Gasteiger charge is 2.56. The molecule has 0 aromatic rings. The van der Waals surface area contributed by atoms with Gasteiger partial charge < -0.3 is 10.0 Å². The Labute approximate surface area is 148 Å². The second kappa shape index (κ2) is 5.00. The second-order valence-electron chi connectivity index (χ2n) is 11.4. The predicted octanol–water partition coefficient (Wildman–Crippen LogP) is 4.32. The summed E-state index contributed by atoms with van der Waals surface area (Å²) >= 11 is 0. The first-order valence-corrected chi connectivity index (χ1v) is 10.7. The predicted molar refractivity (Wildman–Crippen MR) is 97.7 cm³/mol. The molecular weight excluding hydrogens is 294 g/mol. The first kappa shape index (κ1) is 16.1. The summed E-state index contributed by atoms with van der Waals surface area (Å²) in [6.45, 7) is 11.6. The number of rotatable bonds is 3. The van der Waals surface area contributed by atoms with Gasteiger partial charge in [0.25, 0.3) is 0 Å². The van der Waals surface area contributed by atoms with Crippen LogP contribution in [-0.2, 0) is 0 Å². The van der Waals surface area contributed by atoms with Crippen molar-refractivity contribution in [3.8, 4) is 0 Å². The fraction of sp³-hybridized carbons (Fsp3) is 1.00. The molecule has 1 aliphatic heterocycles. The SMILES string of the molecule is CC1(C)[C@@H]2CC[C@]1(C)CN(CCC1C3CC4CC1CC(O)(C4)C3)C2. The van der Waals surface area contributed by atoms with Crippen LogP contribution in [0.2, 0.25) is 0 Å². The molecule has 6 rings (SSSR count). The maximum atomic E-state index is 10.8. The average Bonchev–Trinajstić information content (AvgIpc) is 2.61. The zero-order chi connectivity index (χ0) is 16.7. The molecule has 0 aromatic carbocycles. The first-order chi connectivity index (χ1) is 11.3. The molecule has 2 unspecified atom stereocenters. The molecule has 6 bridgehead atoms. The van der Waals surface area contributed by atoms with E-state index in [0.29, 0.717) is 10.8 Å².